The number of imidazole rings is 1. The first kappa shape index (κ1) is 9.77. The first-order chi connectivity index (χ1) is 7.09. The number of hydrogen-bond donors (Lipinski definition) is 1. The van der Waals surface area contributed by atoms with Gasteiger partial charge in [0.1, 0.15) is 0 Å². The number of nitrogens with zero attached hydrogens (tertiary/aromatic N) is 2. The third kappa shape index (κ3) is 1.61. The van der Waals surface area contributed by atoms with Gasteiger partial charge < -0.3 is 10.3 Å². The Morgan fingerprint density at radius 3 is 2.53 bits per heavy atom. The van der Waals surface area contributed by atoms with E-state index in [0.717, 1.165) is 22.8 Å². The van der Waals surface area contributed by atoms with E-state index in [1.54, 1.807) is 0 Å². The van der Waals surface area contributed by atoms with Crippen molar-refractivity contribution in [2.24, 2.45) is 0 Å². The average molecular weight is 201 g/mol. The minimum absolute atomic E-state index is 0.779. The van der Waals surface area contributed by atoms with Gasteiger partial charge in [0.15, 0.2) is 0 Å². The molecule has 0 atom stereocenters. The van der Waals surface area contributed by atoms with Gasteiger partial charge in [0.2, 0.25) is 0 Å². The zero-order valence-electron chi connectivity index (χ0n) is 9.28. The normalized spacial score (nSPS) is 10.6. The number of aryl methyl sites for hydroxylation is 2. The van der Waals surface area contributed by atoms with Crippen LogP contribution in [0.4, 0.5) is 5.69 Å². The molecule has 0 radical (unpaired) electrons. The first-order valence-electron chi connectivity index (χ1n) is 4.96. The molecule has 0 aliphatic carbocycles. The standard InChI is InChI=1S/C12H15N3/c1-8-4-5-11(13)12(6-8)15-7-14-9(2)10(15)3/h4-7H,13H2,1-3H3. The highest BCUT2D eigenvalue weighted by atomic mass is 15.1. The fraction of sp³-hybridized carbons (Fsp3) is 0.250. The molecule has 0 amide bonds. The lowest BCUT2D eigenvalue weighted by molar-refractivity contribution is 1.00. The summed E-state index contributed by atoms with van der Waals surface area (Å²) in [5.74, 6) is 0. The van der Waals surface area contributed by atoms with Crippen molar-refractivity contribution in [3.63, 3.8) is 0 Å². The molecule has 0 fully saturated rings. The lowest BCUT2D eigenvalue weighted by Gasteiger charge is -2.09. The maximum atomic E-state index is 5.95. The van der Waals surface area contributed by atoms with Crippen LogP contribution in [0.15, 0.2) is 24.5 Å². The van der Waals surface area contributed by atoms with Gasteiger partial charge in [0, 0.05) is 5.69 Å². The summed E-state index contributed by atoms with van der Waals surface area (Å²) in [5.41, 5.74) is 11.1. The van der Waals surface area contributed by atoms with E-state index in [0.29, 0.717) is 0 Å². The van der Waals surface area contributed by atoms with Crippen LogP contribution in [0, 0.1) is 20.8 Å². The molecule has 3 nitrogen and oxygen atoms in total. The van der Waals surface area contributed by atoms with Gasteiger partial charge in [0.25, 0.3) is 0 Å². The molecule has 15 heavy (non-hydrogen) atoms. The van der Waals surface area contributed by atoms with Crippen LogP contribution in [0.5, 0.6) is 0 Å². The third-order valence-electron chi connectivity index (χ3n) is 2.70. The fourth-order valence-electron chi connectivity index (χ4n) is 1.60. The Kier molecular flexibility index (Phi) is 2.23. The topological polar surface area (TPSA) is 43.8 Å². The average Bonchev–Trinajstić information content (AvgIpc) is 2.52. The molecule has 0 spiro atoms. The van der Waals surface area contributed by atoms with Crippen molar-refractivity contribution in [3.8, 4) is 5.69 Å². The minimum Gasteiger partial charge on any atom is -0.397 e. The SMILES string of the molecule is Cc1ccc(N)c(-n2cnc(C)c2C)c1. The summed E-state index contributed by atoms with van der Waals surface area (Å²) >= 11 is 0. The number of rotatable bonds is 1. The minimum atomic E-state index is 0.779. The summed E-state index contributed by atoms with van der Waals surface area (Å²) < 4.78 is 2.03. The number of nitrogens with two attached hydrogens (primary N) is 1. The predicted molar refractivity (Wildman–Crippen MR) is 62.2 cm³/mol. The van der Waals surface area contributed by atoms with Crippen LogP contribution in [-0.2, 0) is 0 Å². The van der Waals surface area contributed by atoms with Gasteiger partial charge in [0.05, 0.1) is 23.4 Å². The lowest BCUT2D eigenvalue weighted by atomic mass is 10.2. The largest absolute Gasteiger partial charge is 0.397 e. The highest BCUT2D eigenvalue weighted by Crippen LogP contribution is 2.21. The van der Waals surface area contributed by atoms with Crippen molar-refractivity contribution in [1.82, 2.24) is 9.55 Å². The smallest absolute Gasteiger partial charge is 0.0998 e. The van der Waals surface area contributed by atoms with Crippen LogP contribution in [-0.4, -0.2) is 9.55 Å². The molecule has 1 heterocycles. The van der Waals surface area contributed by atoms with Gasteiger partial charge in [-0.25, -0.2) is 4.98 Å². The van der Waals surface area contributed by atoms with Gasteiger partial charge >= 0.3 is 0 Å². The molecule has 1 aromatic carbocycles. The summed E-state index contributed by atoms with van der Waals surface area (Å²) in [6.45, 7) is 6.10. The monoisotopic (exact) mass is 201 g/mol. The van der Waals surface area contributed by atoms with Crippen LogP contribution in [0.1, 0.15) is 17.0 Å². The number of aromatic nitrogens is 2. The van der Waals surface area contributed by atoms with Crippen molar-refractivity contribution in [2.75, 3.05) is 5.73 Å². The molecule has 0 aliphatic heterocycles. The van der Waals surface area contributed by atoms with E-state index in [1.807, 2.05) is 36.9 Å². The Bertz CT molecular complexity index is 498. The molecule has 78 valence electrons. The second kappa shape index (κ2) is 3.42. The molecule has 0 bridgehead atoms. The lowest BCUT2D eigenvalue weighted by Crippen LogP contribution is -2.00. The van der Waals surface area contributed by atoms with Crippen molar-refractivity contribution >= 4 is 5.69 Å². The van der Waals surface area contributed by atoms with Crippen molar-refractivity contribution in [1.29, 1.82) is 0 Å². The van der Waals surface area contributed by atoms with Crippen LogP contribution < -0.4 is 5.73 Å². The van der Waals surface area contributed by atoms with Crippen molar-refractivity contribution < 1.29 is 0 Å². The summed E-state index contributed by atoms with van der Waals surface area (Å²) in [7, 11) is 0. The molecule has 1 aromatic heterocycles. The Hall–Kier alpha value is -1.77. The van der Waals surface area contributed by atoms with Crippen molar-refractivity contribution in [3.05, 3.63) is 41.5 Å². The van der Waals surface area contributed by atoms with E-state index in [2.05, 4.69) is 18.0 Å². The Morgan fingerprint density at radius 2 is 1.93 bits per heavy atom. The Labute approximate surface area is 89.6 Å². The van der Waals surface area contributed by atoms with Gasteiger partial charge in [-0.2, -0.15) is 0 Å². The highest BCUT2D eigenvalue weighted by molar-refractivity contribution is 5.59. The van der Waals surface area contributed by atoms with E-state index in [4.69, 9.17) is 5.73 Å². The van der Waals surface area contributed by atoms with E-state index in [-0.39, 0.29) is 0 Å². The molecule has 2 N–H and O–H groups in total. The van der Waals surface area contributed by atoms with E-state index >= 15 is 0 Å². The molecule has 0 aliphatic rings. The van der Waals surface area contributed by atoms with Crippen LogP contribution >= 0.6 is 0 Å². The summed E-state index contributed by atoms with van der Waals surface area (Å²) in [6.07, 6.45) is 1.82. The molecule has 3 heteroatoms. The predicted octanol–water partition coefficient (Wildman–Crippen LogP) is 2.38. The van der Waals surface area contributed by atoms with Crippen molar-refractivity contribution in [2.45, 2.75) is 20.8 Å². The Balaban J connectivity index is 2.63. The maximum absolute atomic E-state index is 5.95. The molecular formula is C12H15N3. The van der Waals surface area contributed by atoms with Gasteiger partial charge in [-0.3, -0.25) is 0 Å². The molecule has 0 saturated heterocycles. The quantitative estimate of drug-likeness (QED) is 0.720. The zero-order valence-corrected chi connectivity index (χ0v) is 9.28. The first-order valence-corrected chi connectivity index (χ1v) is 4.96. The van der Waals surface area contributed by atoms with E-state index < -0.39 is 0 Å². The number of anilines is 1. The molecule has 0 unspecified atom stereocenters. The third-order valence-corrected chi connectivity index (χ3v) is 2.70. The Morgan fingerprint density at radius 1 is 1.20 bits per heavy atom. The molecule has 2 rings (SSSR count). The maximum Gasteiger partial charge on any atom is 0.0998 e. The fourth-order valence-corrected chi connectivity index (χ4v) is 1.60. The van der Waals surface area contributed by atoms with Crippen LogP contribution in [0.3, 0.4) is 0 Å². The van der Waals surface area contributed by atoms with E-state index in [1.165, 1.54) is 5.56 Å². The zero-order chi connectivity index (χ0) is 11.0. The summed E-state index contributed by atoms with van der Waals surface area (Å²) in [5, 5.41) is 0. The van der Waals surface area contributed by atoms with Crippen LogP contribution in [0.25, 0.3) is 5.69 Å². The second-order valence-electron chi connectivity index (χ2n) is 3.85. The van der Waals surface area contributed by atoms with E-state index in [9.17, 15) is 0 Å². The summed E-state index contributed by atoms with van der Waals surface area (Å²) in [4.78, 5) is 4.27. The number of hydrogen-bond acceptors (Lipinski definition) is 2. The molecule has 2 aromatic rings. The number of nitrogen functional groups attached to an aromatic ring is 1. The molecule has 0 saturated carbocycles. The van der Waals surface area contributed by atoms with Gasteiger partial charge in [-0.15, -0.1) is 0 Å². The highest BCUT2D eigenvalue weighted by Gasteiger charge is 2.07. The summed E-state index contributed by atoms with van der Waals surface area (Å²) in [6, 6.07) is 6.01. The number of benzene rings is 1. The second-order valence-corrected chi connectivity index (χ2v) is 3.85. The van der Waals surface area contributed by atoms with Gasteiger partial charge in [-0.05, 0) is 38.5 Å². The van der Waals surface area contributed by atoms with Crippen LogP contribution in [0.2, 0.25) is 0 Å². The van der Waals surface area contributed by atoms with Gasteiger partial charge in [-0.1, -0.05) is 6.07 Å². The molecular weight excluding hydrogens is 186 g/mol.